The fourth-order valence-corrected chi connectivity index (χ4v) is 2.96. The van der Waals surface area contributed by atoms with Crippen LogP contribution in [-0.4, -0.2) is 44.1 Å². The molecule has 1 fully saturated rings. The summed E-state index contributed by atoms with van der Waals surface area (Å²) in [6.45, 7) is 4.37. The van der Waals surface area contributed by atoms with Gasteiger partial charge in [-0.15, -0.1) is 0 Å². The number of hydrogen-bond donors (Lipinski definition) is 1. The van der Waals surface area contributed by atoms with Gasteiger partial charge in [-0.1, -0.05) is 0 Å². The maximum atomic E-state index is 12.3. The number of nitrogens with one attached hydrogen (secondary N) is 1. The van der Waals surface area contributed by atoms with Gasteiger partial charge in [0.25, 0.3) is 0 Å². The third-order valence-electron chi connectivity index (χ3n) is 3.95. The minimum absolute atomic E-state index is 0.0304. The first-order chi connectivity index (χ1) is 11.4. The molecule has 0 saturated carbocycles. The molecule has 7 nitrogen and oxygen atoms in total. The second-order valence-corrected chi connectivity index (χ2v) is 6.95. The van der Waals surface area contributed by atoms with Crippen LogP contribution in [0.25, 0.3) is 5.82 Å². The van der Waals surface area contributed by atoms with Gasteiger partial charge in [0.15, 0.2) is 5.82 Å². The van der Waals surface area contributed by atoms with Gasteiger partial charge in [0.2, 0.25) is 11.8 Å². The highest BCUT2D eigenvalue weighted by molar-refractivity contribution is 9.10. The molecule has 2 aromatic rings. The number of amides is 2. The van der Waals surface area contributed by atoms with Gasteiger partial charge in [0.1, 0.15) is 0 Å². The minimum Gasteiger partial charge on any atom is -0.339 e. The summed E-state index contributed by atoms with van der Waals surface area (Å²) in [5.74, 6) is 0.216. The molecule has 3 rings (SSSR count). The lowest BCUT2D eigenvalue weighted by molar-refractivity contribution is -0.129. The Morgan fingerprint density at radius 3 is 2.71 bits per heavy atom. The molecule has 0 spiro atoms. The fraction of sp³-hybridized carbons (Fsp3) is 0.375. The van der Waals surface area contributed by atoms with Crippen LogP contribution in [0.1, 0.15) is 20.3 Å². The summed E-state index contributed by atoms with van der Waals surface area (Å²) in [6, 6.07) is 3.66. The van der Waals surface area contributed by atoms with Crippen LogP contribution >= 0.6 is 15.9 Å². The van der Waals surface area contributed by atoms with Crippen molar-refractivity contribution >= 4 is 33.4 Å². The molecule has 0 radical (unpaired) electrons. The molecule has 2 amide bonds. The molecule has 2 aromatic heterocycles. The number of rotatable bonds is 4. The maximum absolute atomic E-state index is 12.3. The summed E-state index contributed by atoms with van der Waals surface area (Å²) in [5, 5.41) is 6.98. The molecule has 1 saturated heterocycles. The second kappa shape index (κ2) is 6.72. The average molecular weight is 392 g/mol. The molecule has 126 valence electrons. The SMILES string of the molecule is CC(C)N1CC(C(=O)Nc2ccc(-n3cc(Br)cn3)nc2)CC1=O. The number of hydrogen-bond acceptors (Lipinski definition) is 4. The molecule has 3 heterocycles. The van der Waals surface area contributed by atoms with Crippen molar-refractivity contribution < 1.29 is 9.59 Å². The van der Waals surface area contributed by atoms with E-state index < -0.39 is 0 Å². The number of halogens is 1. The van der Waals surface area contributed by atoms with Crippen molar-refractivity contribution in [3.05, 3.63) is 35.2 Å². The van der Waals surface area contributed by atoms with E-state index >= 15 is 0 Å². The van der Waals surface area contributed by atoms with Crippen molar-refractivity contribution in [1.82, 2.24) is 19.7 Å². The number of aromatic nitrogens is 3. The van der Waals surface area contributed by atoms with Gasteiger partial charge in [0, 0.05) is 25.2 Å². The quantitative estimate of drug-likeness (QED) is 0.866. The number of carbonyl (C=O) groups is 2. The fourth-order valence-electron chi connectivity index (χ4n) is 2.67. The monoisotopic (exact) mass is 391 g/mol. The molecular weight excluding hydrogens is 374 g/mol. The summed E-state index contributed by atoms with van der Waals surface area (Å²) >= 11 is 3.33. The highest BCUT2D eigenvalue weighted by atomic mass is 79.9. The first-order valence-corrected chi connectivity index (χ1v) is 8.50. The summed E-state index contributed by atoms with van der Waals surface area (Å²) in [7, 11) is 0. The van der Waals surface area contributed by atoms with Gasteiger partial charge in [-0.05, 0) is 41.9 Å². The molecule has 1 unspecified atom stereocenters. The van der Waals surface area contributed by atoms with Crippen molar-refractivity contribution in [2.24, 2.45) is 5.92 Å². The second-order valence-electron chi connectivity index (χ2n) is 6.04. The number of nitrogens with zero attached hydrogens (tertiary/aromatic N) is 4. The van der Waals surface area contributed by atoms with E-state index in [1.54, 1.807) is 40.3 Å². The van der Waals surface area contributed by atoms with Gasteiger partial charge in [0.05, 0.1) is 28.5 Å². The molecule has 24 heavy (non-hydrogen) atoms. The topological polar surface area (TPSA) is 80.1 Å². The molecule has 1 atom stereocenters. The van der Waals surface area contributed by atoms with Crippen LogP contribution in [0.3, 0.4) is 0 Å². The van der Waals surface area contributed by atoms with Crippen LogP contribution in [0.4, 0.5) is 5.69 Å². The smallest absolute Gasteiger partial charge is 0.229 e. The van der Waals surface area contributed by atoms with Gasteiger partial charge in [-0.2, -0.15) is 5.10 Å². The molecular formula is C16H18BrN5O2. The third-order valence-corrected chi connectivity index (χ3v) is 4.36. The van der Waals surface area contributed by atoms with E-state index in [0.717, 1.165) is 4.47 Å². The Morgan fingerprint density at radius 1 is 1.38 bits per heavy atom. The first-order valence-electron chi connectivity index (χ1n) is 7.71. The molecule has 0 aromatic carbocycles. The number of carbonyl (C=O) groups excluding carboxylic acids is 2. The largest absolute Gasteiger partial charge is 0.339 e. The van der Waals surface area contributed by atoms with Crippen LogP contribution in [0, 0.1) is 5.92 Å². The highest BCUT2D eigenvalue weighted by Crippen LogP contribution is 2.22. The lowest BCUT2D eigenvalue weighted by Crippen LogP contribution is -2.33. The van der Waals surface area contributed by atoms with E-state index in [1.165, 1.54) is 0 Å². The Labute approximate surface area is 148 Å². The number of pyridine rings is 1. The summed E-state index contributed by atoms with van der Waals surface area (Å²) in [6.07, 6.45) is 5.32. The highest BCUT2D eigenvalue weighted by Gasteiger charge is 2.35. The number of anilines is 1. The molecule has 1 N–H and O–H groups in total. The molecule has 1 aliphatic heterocycles. The van der Waals surface area contributed by atoms with Crippen LogP contribution in [0.5, 0.6) is 0 Å². The third kappa shape index (κ3) is 3.48. The molecule has 1 aliphatic rings. The molecule has 8 heteroatoms. The predicted octanol–water partition coefficient (Wildman–Crippen LogP) is 2.23. The van der Waals surface area contributed by atoms with Crippen molar-refractivity contribution in [2.45, 2.75) is 26.3 Å². The zero-order valence-electron chi connectivity index (χ0n) is 13.4. The van der Waals surface area contributed by atoms with Crippen LogP contribution in [0.15, 0.2) is 35.2 Å². The predicted molar refractivity (Wildman–Crippen MR) is 92.6 cm³/mol. The lowest BCUT2D eigenvalue weighted by atomic mass is 10.1. The van der Waals surface area contributed by atoms with Crippen molar-refractivity contribution in [1.29, 1.82) is 0 Å². The standard InChI is InChI=1S/C16H18BrN5O2/c1-10(2)21-8-11(5-15(21)23)16(24)20-13-3-4-14(18-7-13)22-9-12(17)6-19-22/h3-4,6-7,9-11H,5,8H2,1-2H3,(H,20,24). The minimum atomic E-state index is -0.318. The van der Waals surface area contributed by atoms with Crippen LogP contribution in [0.2, 0.25) is 0 Å². The lowest BCUT2D eigenvalue weighted by Gasteiger charge is -2.20. The molecule has 0 aliphatic carbocycles. The van der Waals surface area contributed by atoms with E-state index in [1.807, 2.05) is 13.8 Å². The zero-order chi connectivity index (χ0) is 17.3. The van der Waals surface area contributed by atoms with E-state index in [2.05, 4.69) is 31.3 Å². The zero-order valence-corrected chi connectivity index (χ0v) is 15.0. The van der Waals surface area contributed by atoms with E-state index in [4.69, 9.17) is 0 Å². The van der Waals surface area contributed by atoms with E-state index in [0.29, 0.717) is 18.1 Å². The van der Waals surface area contributed by atoms with Crippen LogP contribution in [-0.2, 0) is 9.59 Å². The van der Waals surface area contributed by atoms with E-state index in [9.17, 15) is 9.59 Å². The Bertz CT molecular complexity index is 756. The Balaban J connectivity index is 1.64. The van der Waals surface area contributed by atoms with Gasteiger partial charge in [-0.3, -0.25) is 9.59 Å². The Hall–Kier alpha value is -2.22. The normalized spacial score (nSPS) is 17.6. The van der Waals surface area contributed by atoms with Gasteiger partial charge >= 0.3 is 0 Å². The van der Waals surface area contributed by atoms with Crippen molar-refractivity contribution in [2.75, 3.05) is 11.9 Å². The van der Waals surface area contributed by atoms with Crippen molar-refractivity contribution in [3.63, 3.8) is 0 Å². The van der Waals surface area contributed by atoms with Gasteiger partial charge in [-0.25, -0.2) is 9.67 Å². The summed E-state index contributed by atoms with van der Waals surface area (Å²) < 4.78 is 2.49. The average Bonchev–Trinajstić information content (AvgIpc) is 3.14. The maximum Gasteiger partial charge on any atom is 0.229 e. The van der Waals surface area contributed by atoms with Crippen molar-refractivity contribution in [3.8, 4) is 5.82 Å². The van der Waals surface area contributed by atoms with Gasteiger partial charge < -0.3 is 10.2 Å². The Kier molecular flexibility index (Phi) is 4.66. The first kappa shape index (κ1) is 16.6. The molecule has 0 bridgehead atoms. The van der Waals surface area contributed by atoms with Crippen LogP contribution < -0.4 is 5.32 Å². The summed E-state index contributed by atoms with van der Waals surface area (Å²) in [4.78, 5) is 30.3. The summed E-state index contributed by atoms with van der Waals surface area (Å²) in [5.41, 5.74) is 0.602. The van der Waals surface area contributed by atoms with E-state index in [-0.39, 0.29) is 30.2 Å². The Morgan fingerprint density at radius 2 is 2.17 bits per heavy atom. The number of likely N-dealkylation sites (tertiary alicyclic amines) is 1.